The molecule has 1 aromatic carbocycles. The molecule has 0 saturated heterocycles. The fourth-order valence-electron chi connectivity index (χ4n) is 1.56. The van der Waals surface area contributed by atoms with E-state index in [0.29, 0.717) is 0 Å². The van der Waals surface area contributed by atoms with Crippen molar-refractivity contribution in [3.05, 3.63) is 28.2 Å². The molecule has 1 saturated carbocycles. The van der Waals surface area contributed by atoms with Crippen LogP contribution in [0.1, 0.15) is 24.8 Å². The third kappa shape index (κ3) is 2.28. The highest BCUT2D eigenvalue weighted by Crippen LogP contribution is 2.22. The fourth-order valence-corrected chi connectivity index (χ4v) is 1.98. The number of benzene rings is 1. The number of nitrogens with one attached hydrogen (secondary N) is 1. The average molecular weight is 255 g/mol. The van der Waals surface area contributed by atoms with Crippen molar-refractivity contribution in [3.8, 4) is 0 Å². The minimum atomic E-state index is 0.742. The summed E-state index contributed by atoms with van der Waals surface area (Å²) >= 11 is 3.43. The maximum absolute atomic E-state index is 5.71. The van der Waals surface area contributed by atoms with Crippen LogP contribution in [0.5, 0.6) is 0 Å². The van der Waals surface area contributed by atoms with Crippen molar-refractivity contribution in [2.45, 2.75) is 31.8 Å². The highest BCUT2D eigenvalue weighted by molar-refractivity contribution is 9.10. The van der Waals surface area contributed by atoms with Gasteiger partial charge >= 0.3 is 0 Å². The Morgan fingerprint density at radius 2 is 2.21 bits per heavy atom. The lowest BCUT2D eigenvalue weighted by Gasteiger charge is -2.26. The van der Waals surface area contributed by atoms with Crippen LogP contribution in [0.3, 0.4) is 0 Å². The first-order chi connectivity index (χ1) is 6.75. The summed E-state index contributed by atoms with van der Waals surface area (Å²) in [7, 11) is 0. The molecule has 0 heterocycles. The minimum Gasteiger partial charge on any atom is -0.398 e. The van der Waals surface area contributed by atoms with Gasteiger partial charge in [-0.1, -0.05) is 12.5 Å². The Labute approximate surface area is 93.0 Å². The summed E-state index contributed by atoms with van der Waals surface area (Å²) in [6.07, 6.45) is 4.04. The van der Waals surface area contributed by atoms with Crippen molar-refractivity contribution in [3.63, 3.8) is 0 Å². The van der Waals surface area contributed by atoms with Crippen molar-refractivity contribution in [2.75, 3.05) is 5.73 Å². The molecule has 3 N–H and O–H groups in total. The molecule has 0 amide bonds. The minimum absolute atomic E-state index is 0.742. The summed E-state index contributed by atoms with van der Waals surface area (Å²) < 4.78 is 0.991. The quantitative estimate of drug-likeness (QED) is 0.815. The molecule has 2 rings (SSSR count). The van der Waals surface area contributed by atoms with Gasteiger partial charge in [0.25, 0.3) is 0 Å². The largest absolute Gasteiger partial charge is 0.398 e. The summed E-state index contributed by atoms with van der Waals surface area (Å²) in [5.41, 5.74) is 7.81. The van der Waals surface area contributed by atoms with Crippen LogP contribution in [0.15, 0.2) is 22.7 Å². The Morgan fingerprint density at radius 1 is 1.43 bits per heavy atom. The highest BCUT2D eigenvalue weighted by Gasteiger charge is 2.15. The van der Waals surface area contributed by atoms with E-state index in [-0.39, 0.29) is 0 Å². The Bertz CT molecular complexity index is 321. The van der Waals surface area contributed by atoms with Gasteiger partial charge in [-0.05, 0) is 46.5 Å². The Morgan fingerprint density at radius 3 is 2.79 bits per heavy atom. The van der Waals surface area contributed by atoms with Crippen molar-refractivity contribution < 1.29 is 0 Å². The second-order valence-electron chi connectivity index (χ2n) is 3.86. The Hall–Kier alpha value is -0.540. The summed E-state index contributed by atoms with van der Waals surface area (Å²) in [6, 6.07) is 6.85. The Balaban J connectivity index is 1.91. The van der Waals surface area contributed by atoms with Crippen LogP contribution in [0.2, 0.25) is 0 Å². The van der Waals surface area contributed by atoms with Crippen molar-refractivity contribution in [1.29, 1.82) is 0 Å². The molecule has 14 heavy (non-hydrogen) atoms. The zero-order valence-corrected chi connectivity index (χ0v) is 9.68. The number of rotatable bonds is 3. The van der Waals surface area contributed by atoms with E-state index in [1.54, 1.807) is 0 Å². The van der Waals surface area contributed by atoms with E-state index in [2.05, 4.69) is 33.4 Å². The standard InChI is InChI=1S/C11H15BrN2/c12-10-6-8(4-5-11(10)13)7-14-9-2-1-3-9/h4-6,9,14H,1-3,7,13H2. The fraction of sp³-hybridized carbons (Fsp3) is 0.455. The van der Waals surface area contributed by atoms with Crippen molar-refractivity contribution in [2.24, 2.45) is 0 Å². The molecule has 0 bridgehead atoms. The van der Waals surface area contributed by atoms with Crippen LogP contribution in [0.4, 0.5) is 5.69 Å². The van der Waals surface area contributed by atoms with Crippen LogP contribution in [0, 0.1) is 0 Å². The number of nitrogens with two attached hydrogens (primary N) is 1. The van der Waals surface area contributed by atoms with E-state index in [9.17, 15) is 0 Å². The maximum atomic E-state index is 5.71. The van der Waals surface area contributed by atoms with Crippen molar-refractivity contribution >= 4 is 21.6 Å². The van der Waals surface area contributed by atoms with Gasteiger partial charge in [-0.25, -0.2) is 0 Å². The lowest BCUT2D eigenvalue weighted by Crippen LogP contribution is -2.34. The molecule has 1 aliphatic carbocycles. The number of halogens is 1. The second kappa shape index (κ2) is 4.32. The monoisotopic (exact) mass is 254 g/mol. The van der Waals surface area contributed by atoms with Gasteiger partial charge in [0.1, 0.15) is 0 Å². The van der Waals surface area contributed by atoms with Gasteiger partial charge in [-0.2, -0.15) is 0 Å². The van der Waals surface area contributed by atoms with Gasteiger partial charge in [0.2, 0.25) is 0 Å². The van der Waals surface area contributed by atoms with Crippen LogP contribution in [-0.2, 0) is 6.54 Å². The SMILES string of the molecule is Nc1ccc(CNC2CCC2)cc1Br. The van der Waals surface area contributed by atoms with Gasteiger partial charge in [-0.15, -0.1) is 0 Å². The lowest BCUT2D eigenvalue weighted by molar-refractivity contribution is 0.338. The first-order valence-corrected chi connectivity index (χ1v) is 5.82. The molecule has 3 heteroatoms. The molecule has 76 valence electrons. The predicted molar refractivity (Wildman–Crippen MR) is 63.0 cm³/mol. The zero-order chi connectivity index (χ0) is 9.97. The average Bonchev–Trinajstić information content (AvgIpc) is 2.08. The molecule has 0 radical (unpaired) electrons. The number of hydrogen-bond donors (Lipinski definition) is 2. The first-order valence-electron chi connectivity index (χ1n) is 5.03. The third-order valence-electron chi connectivity index (χ3n) is 2.76. The Kier molecular flexibility index (Phi) is 3.08. The maximum Gasteiger partial charge on any atom is 0.0458 e. The smallest absolute Gasteiger partial charge is 0.0458 e. The van der Waals surface area contributed by atoms with Gasteiger partial charge < -0.3 is 11.1 Å². The summed E-state index contributed by atoms with van der Waals surface area (Å²) in [5.74, 6) is 0. The predicted octanol–water partition coefficient (Wildman–Crippen LogP) is 2.67. The second-order valence-corrected chi connectivity index (χ2v) is 4.72. The molecule has 0 spiro atoms. The molecule has 2 nitrogen and oxygen atoms in total. The molecule has 1 aliphatic rings. The summed E-state index contributed by atoms with van der Waals surface area (Å²) in [6.45, 7) is 0.948. The van der Waals surface area contributed by atoms with E-state index in [0.717, 1.165) is 22.7 Å². The number of hydrogen-bond acceptors (Lipinski definition) is 2. The highest BCUT2D eigenvalue weighted by atomic mass is 79.9. The van der Waals surface area contributed by atoms with E-state index in [1.165, 1.54) is 24.8 Å². The topological polar surface area (TPSA) is 38.0 Å². The molecular weight excluding hydrogens is 240 g/mol. The van der Waals surface area contributed by atoms with Gasteiger partial charge in [0.15, 0.2) is 0 Å². The van der Waals surface area contributed by atoms with Crippen molar-refractivity contribution in [1.82, 2.24) is 5.32 Å². The molecule has 1 fully saturated rings. The molecule has 0 aromatic heterocycles. The third-order valence-corrected chi connectivity index (χ3v) is 3.45. The summed E-state index contributed by atoms with van der Waals surface area (Å²) in [5, 5.41) is 3.52. The van der Waals surface area contributed by atoms with Gasteiger partial charge in [0, 0.05) is 22.7 Å². The first kappa shape index (κ1) is 9.99. The lowest BCUT2D eigenvalue weighted by atomic mass is 9.93. The zero-order valence-electron chi connectivity index (χ0n) is 8.09. The molecule has 1 aromatic rings. The van der Waals surface area contributed by atoms with Crippen LogP contribution < -0.4 is 11.1 Å². The molecule has 0 aliphatic heterocycles. The van der Waals surface area contributed by atoms with Crippen LogP contribution in [-0.4, -0.2) is 6.04 Å². The van der Waals surface area contributed by atoms with Crippen LogP contribution >= 0.6 is 15.9 Å². The van der Waals surface area contributed by atoms with Crippen LogP contribution in [0.25, 0.3) is 0 Å². The van der Waals surface area contributed by atoms with Gasteiger partial charge in [-0.3, -0.25) is 0 Å². The molecule has 0 unspecified atom stereocenters. The number of anilines is 1. The summed E-state index contributed by atoms with van der Waals surface area (Å²) in [4.78, 5) is 0. The molecular formula is C11H15BrN2. The molecule has 0 atom stereocenters. The van der Waals surface area contributed by atoms with E-state index < -0.39 is 0 Å². The number of nitrogen functional groups attached to an aromatic ring is 1. The van der Waals surface area contributed by atoms with E-state index >= 15 is 0 Å². The van der Waals surface area contributed by atoms with E-state index in [4.69, 9.17) is 5.73 Å². The normalized spacial score (nSPS) is 16.6. The van der Waals surface area contributed by atoms with Gasteiger partial charge in [0.05, 0.1) is 0 Å². The van der Waals surface area contributed by atoms with E-state index in [1.807, 2.05) is 6.07 Å².